The van der Waals surface area contributed by atoms with E-state index < -0.39 is 54.0 Å². The van der Waals surface area contributed by atoms with Gasteiger partial charge in [0.2, 0.25) is 11.8 Å². The van der Waals surface area contributed by atoms with Gasteiger partial charge in [0, 0.05) is 0 Å². The topological polar surface area (TPSA) is 165 Å². The monoisotopic (exact) mass is 290 g/mol. The third-order valence-corrected chi connectivity index (χ3v) is 3.74. The number of carbonyl (C=O) groups is 2. The summed E-state index contributed by atoms with van der Waals surface area (Å²) >= 11 is 0. The van der Waals surface area contributed by atoms with Crippen LogP contribution in [0.25, 0.3) is 0 Å². The van der Waals surface area contributed by atoms with Gasteiger partial charge >= 0.3 is 0 Å². The summed E-state index contributed by atoms with van der Waals surface area (Å²) in [7, 11) is 0. The Kier molecular flexibility index (Phi) is 3.73. The standard InChI is InChI=1S/C11H18N2O7/c1-3(2-4(12)14)19-10-6-8(16)7(15)5(9(13)17)11(6,18)20-10/h3,5-8,10,15-16,18H,2H2,1H3,(H2,12,14)(H2,13,17)/t3?,5?,6?,7-,8?,10+,11?/m1/s1. The van der Waals surface area contributed by atoms with Crippen LogP contribution < -0.4 is 11.5 Å². The number of amides is 2. The van der Waals surface area contributed by atoms with Crippen LogP contribution in [0.3, 0.4) is 0 Å². The molecule has 0 aromatic heterocycles. The Balaban J connectivity index is 2.07. The van der Waals surface area contributed by atoms with Crippen molar-refractivity contribution in [1.29, 1.82) is 0 Å². The Morgan fingerprint density at radius 2 is 1.95 bits per heavy atom. The minimum atomic E-state index is -2.05. The fourth-order valence-electron chi connectivity index (χ4n) is 2.85. The average Bonchev–Trinajstić information content (AvgIpc) is 2.39. The summed E-state index contributed by atoms with van der Waals surface area (Å²) in [5.41, 5.74) is 10.1. The second kappa shape index (κ2) is 4.93. The first-order valence-corrected chi connectivity index (χ1v) is 6.18. The highest BCUT2D eigenvalue weighted by Gasteiger charge is 2.73. The van der Waals surface area contributed by atoms with Gasteiger partial charge < -0.3 is 36.3 Å². The molecule has 1 saturated carbocycles. The molecule has 7 atom stereocenters. The maximum atomic E-state index is 11.2. The zero-order chi connectivity index (χ0) is 15.2. The van der Waals surface area contributed by atoms with Gasteiger partial charge in [-0.05, 0) is 6.92 Å². The highest BCUT2D eigenvalue weighted by molar-refractivity contribution is 5.79. The van der Waals surface area contributed by atoms with Gasteiger partial charge in [-0.15, -0.1) is 0 Å². The molecule has 1 aliphatic carbocycles. The number of rotatable bonds is 5. The summed E-state index contributed by atoms with van der Waals surface area (Å²) in [4.78, 5) is 22.0. The smallest absolute Gasteiger partial charge is 0.228 e. The Morgan fingerprint density at radius 1 is 1.35 bits per heavy atom. The largest absolute Gasteiger partial charge is 0.390 e. The number of fused-ring (bicyclic) bond motifs is 1. The number of primary amides is 2. The average molecular weight is 290 g/mol. The van der Waals surface area contributed by atoms with Crippen molar-refractivity contribution in [2.24, 2.45) is 23.3 Å². The van der Waals surface area contributed by atoms with E-state index in [2.05, 4.69) is 0 Å². The molecule has 0 aromatic rings. The van der Waals surface area contributed by atoms with Crippen molar-refractivity contribution in [3.05, 3.63) is 0 Å². The van der Waals surface area contributed by atoms with E-state index >= 15 is 0 Å². The fourth-order valence-corrected chi connectivity index (χ4v) is 2.85. The molecule has 5 unspecified atom stereocenters. The number of hydrogen-bond acceptors (Lipinski definition) is 7. The van der Waals surface area contributed by atoms with Crippen LogP contribution in [0.2, 0.25) is 0 Å². The molecule has 7 N–H and O–H groups in total. The lowest BCUT2D eigenvalue weighted by Gasteiger charge is -2.49. The van der Waals surface area contributed by atoms with Crippen LogP contribution in [0.4, 0.5) is 0 Å². The molecule has 0 spiro atoms. The molecule has 2 amide bonds. The Bertz CT molecular complexity index is 431. The molecule has 9 nitrogen and oxygen atoms in total. The van der Waals surface area contributed by atoms with Gasteiger partial charge in [-0.1, -0.05) is 0 Å². The Hall–Kier alpha value is -1.26. The molecular formula is C11H18N2O7. The van der Waals surface area contributed by atoms with E-state index in [1.807, 2.05) is 0 Å². The normalized spacial score (nSPS) is 44.5. The molecule has 114 valence electrons. The van der Waals surface area contributed by atoms with Crippen molar-refractivity contribution in [3.63, 3.8) is 0 Å². The van der Waals surface area contributed by atoms with Crippen molar-refractivity contribution < 1.29 is 34.4 Å². The summed E-state index contributed by atoms with van der Waals surface area (Å²) in [6.07, 6.45) is -4.68. The molecule has 2 aliphatic rings. The second-order valence-electron chi connectivity index (χ2n) is 5.24. The zero-order valence-corrected chi connectivity index (χ0v) is 10.8. The van der Waals surface area contributed by atoms with Crippen molar-refractivity contribution in [2.45, 2.75) is 43.7 Å². The van der Waals surface area contributed by atoms with E-state index in [9.17, 15) is 24.9 Å². The minimum Gasteiger partial charge on any atom is -0.390 e. The Morgan fingerprint density at radius 3 is 2.45 bits per heavy atom. The van der Waals surface area contributed by atoms with Crippen LogP contribution in [0, 0.1) is 11.8 Å². The molecule has 9 heteroatoms. The number of aliphatic hydroxyl groups is 3. The number of hydrogen-bond donors (Lipinski definition) is 5. The van der Waals surface area contributed by atoms with Crippen molar-refractivity contribution >= 4 is 11.8 Å². The number of nitrogens with two attached hydrogens (primary N) is 2. The zero-order valence-electron chi connectivity index (χ0n) is 10.8. The molecular weight excluding hydrogens is 272 g/mol. The van der Waals surface area contributed by atoms with E-state index in [1.54, 1.807) is 6.92 Å². The maximum Gasteiger partial charge on any atom is 0.228 e. The maximum absolute atomic E-state index is 11.2. The predicted molar refractivity (Wildman–Crippen MR) is 62.4 cm³/mol. The lowest BCUT2D eigenvalue weighted by molar-refractivity contribution is -0.438. The van der Waals surface area contributed by atoms with E-state index in [0.717, 1.165) is 0 Å². The molecule has 1 aliphatic heterocycles. The van der Waals surface area contributed by atoms with E-state index in [-0.39, 0.29) is 6.42 Å². The highest BCUT2D eigenvalue weighted by Crippen LogP contribution is 2.53. The van der Waals surface area contributed by atoms with Gasteiger partial charge in [-0.2, -0.15) is 0 Å². The second-order valence-corrected chi connectivity index (χ2v) is 5.24. The molecule has 2 fully saturated rings. The lowest BCUT2D eigenvalue weighted by atomic mass is 9.88. The van der Waals surface area contributed by atoms with Crippen molar-refractivity contribution in [3.8, 4) is 0 Å². The van der Waals surface area contributed by atoms with Gasteiger partial charge in [0.05, 0.1) is 30.7 Å². The molecule has 20 heavy (non-hydrogen) atoms. The van der Waals surface area contributed by atoms with Crippen LogP contribution in [0.1, 0.15) is 13.3 Å². The number of aliphatic hydroxyl groups excluding tert-OH is 2. The van der Waals surface area contributed by atoms with Crippen LogP contribution in [0.5, 0.6) is 0 Å². The SMILES string of the molecule is CC(CC(N)=O)O[C@H]1OC2(O)C1C(O)[C@H](O)C2C(N)=O. The van der Waals surface area contributed by atoms with E-state index in [0.29, 0.717) is 0 Å². The lowest BCUT2D eigenvalue weighted by Crippen LogP contribution is -2.65. The van der Waals surface area contributed by atoms with Crippen LogP contribution in [-0.4, -0.2) is 57.5 Å². The fraction of sp³-hybridized carbons (Fsp3) is 0.818. The Labute approximate surface area is 114 Å². The van der Waals surface area contributed by atoms with Gasteiger partial charge in [0.15, 0.2) is 12.1 Å². The first-order valence-electron chi connectivity index (χ1n) is 6.18. The number of ether oxygens (including phenoxy) is 2. The number of carbonyl (C=O) groups excluding carboxylic acids is 2. The third-order valence-electron chi connectivity index (χ3n) is 3.74. The molecule has 2 rings (SSSR count). The minimum absolute atomic E-state index is 0.0666. The molecule has 1 heterocycles. The summed E-state index contributed by atoms with van der Waals surface area (Å²) < 4.78 is 10.4. The third kappa shape index (κ3) is 2.17. The highest BCUT2D eigenvalue weighted by atomic mass is 16.8. The van der Waals surface area contributed by atoms with Crippen molar-refractivity contribution in [1.82, 2.24) is 0 Å². The van der Waals surface area contributed by atoms with Crippen LogP contribution in [-0.2, 0) is 19.1 Å². The molecule has 0 radical (unpaired) electrons. The van der Waals surface area contributed by atoms with Gasteiger partial charge in [-0.3, -0.25) is 9.59 Å². The van der Waals surface area contributed by atoms with Crippen LogP contribution in [0.15, 0.2) is 0 Å². The van der Waals surface area contributed by atoms with Gasteiger partial charge in [-0.25, -0.2) is 0 Å². The molecule has 0 bridgehead atoms. The van der Waals surface area contributed by atoms with Gasteiger partial charge in [0.1, 0.15) is 5.92 Å². The summed E-state index contributed by atoms with van der Waals surface area (Å²) in [5, 5.41) is 29.8. The first-order chi connectivity index (χ1) is 9.18. The molecule has 0 aromatic carbocycles. The van der Waals surface area contributed by atoms with Crippen molar-refractivity contribution in [2.75, 3.05) is 0 Å². The van der Waals surface area contributed by atoms with E-state index in [1.165, 1.54) is 0 Å². The summed E-state index contributed by atoms with van der Waals surface area (Å²) in [6, 6.07) is 0. The first kappa shape index (κ1) is 15.1. The summed E-state index contributed by atoms with van der Waals surface area (Å²) in [6.45, 7) is 1.56. The van der Waals surface area contributed by atoms with E-state index in [4.69, 9.17) is 20.9 Å². The quantitative estimate of drug-likeness (QED) is 0.355. The predicted octanol–water partition coefficient (Wildman–Crippen LogP) is -3.24. The van der Waals surface area contributed by atoms with Gasteiger partial charge in [0.25, 0.3) is 0 Å². The van der Waals surface area contributed by atoms with Crippen LogP contribution >= 0.6 is 0 Å². The molecule has 1 saturated heterocycles. The summed E-state index contributed by atoms with van der Waals surface area (Å²) in [5.74, 6) is -6.07.